The van der Waals surface area contributed by atoms with Crippen LogP contribution in [0, 0.1) is 0 Å². The predicted octanol–water partition coefficient (Wildman–Crippen LogP) is -0.192. The van der Waals surface area contributed by atoms with E-state index in [0.29, 0.717) is 5.30 Å². The van der Waals surface area contributed by atoms with Crippen LogP contribution in [0.4, 0.5) is 0 Å². The van der Waals surface area contributed by atoms with Crippen LogP contribution in [0.2, 0.25) is 0 Å². The maximum absolute atomic E-state index is 11.8. The molecule has 24 heavy (non-hydrogen) atoms. The van der Waals surface area contributed by atoms with Crippen LogP contribution in [0.25, 0.3) is 0 Å². The summed E-state index contributed by atoms with van der Waals surface area (Å²) in [6.07, 6.45) is 0. The first kappa shape index (κ1) is 20.0. The molecule has 3 aromatic carbocycles. The predicted molar refractivity (Wildman–Crippen MR) is 96.1 cm³/mol. The van der Waals surface area contributed by atoms with Crippen molar-refractivity contribution in [3.05, 3.63) is 84.9 Å². The Kier molecular flexibility index (Phi) is 7.34. The average Bonchev–Trinajstić information content (AvgIpc) is 2.57. The number of hydrogen-bond acceptors (Lipinski definition) is 2. The summed E-state index contributed by atoms with van der Waals surface area (Å²) < 4.78 is 33.2. The van der Waals surface area contributed by atoms with Crippen molar-refractivity contribution in [1.29, 1.82) is 0 Å². The van der Waals surface area contributed by atoms with Gasteiger partial charge in [0.05, 0.1) is 0 Å². The fraction of sp³-hybridized carbons (Fsp3) is 0. The summed E-state index contributed by atoms with van der Waals surface area (Å²) in [4.78, 5) is -0.0289. The Morgan fingerprint density at radius 3 is 1.58 bits per heavy atom. The minimum atomic E-state index is -4.28. The Bertz CT molecular complexity index is 866. The molecule has 3 rings (SSSR count). The van der Waals surface area contributed by atoms with Crippen molar-refractivity contribution in [2.24, 2.45) is 0 Å². The minimum absolute atomic E-state index is 0. The molecule has 3 aromatic rings. The molecule has 3 nitrogen and oxygen atoms in total. The summed E-state index contributed by atoms with van der Waals surface area (Å²) in [5, 5.41) is 2.69. The van der Waals surface area contributed by atoms with E-state index in [1.165, 1.54) is 6.07 Å². The molecule has 0 saturated carbocycles. The first-order valence-electron chi connectivity index (χ1n) is 7.04. The van der Waals surface area contributed by atoms with Gasteiger partial charge in [-0.1, -0.05) is 78.9 Å². The SMILES string of the molecule is O=S(=O)(O)c1ccccc1P(c1ccccc1)c1ccccc1.[H-].[K+]. The fourth-order valence-electron chi connectivity index (χ4n) is 2.44. The van der Waals surface area contributed by atoms with Gasteiger partial charge in [-0.2, -0.15) is 8.42 Å². The van der Waals surface area contributed by atoms with Crippen LogP contribution in [0.5, 0.6) is 0 Å². The van der Waals surface area contributed by atoms with Gasteiger partial charge in [0, 0.05) is 5.30 Å². The summed E-state index contributed by atoms with van der Waals surface area (Å²) in [6, 6.07) is 26.2. The van der Waals surface area contributed by atoms with Gasteiger partial charge in [0.1, 0.15) is 4.90 Å². The van der Waals surface area contributed by atoms with Crippen molar-refractivity contribution >= 4 is 34.0 Å². The van der Waals surface area contributed by atoms with Crippen LogP contribution in [0.1, 0.15) is 1.43 Å². The first-order valence-corrected chi connectivity index (χ1v) is 9.82. The summed E-state index contributed by atoms with van der Waals surface area (Å²) in [7, 11) is -5.35. The zero-order valence-electron chi connectivity index (χ0n) is 14.2. The molecular weight excluding hydrogens is 366 g/mol. The van der Waals surface area contributed by atoms with E-state index in [1.807, 2.05) is 60.7 Å². The number of benzene rings is 3. The van der Waals surface area contributed by atoms with E-state index in [-0.39, 0.29) is 57.7 Å². The fourth-order valence-corrected chi connectivity index (χ4v) is 5.97. The molecular formula is C18H16KO3PS. The summed E-state index contributed by atoms with van der Waals surface area (Å²) >= 11 is 0. The molecule has 0 aromatic heterocycles. The summed E-state index contributed by atoms with van der Waals surface area (Å²) in [5.74, 6) is 0. The third-order valence-electron chi connectivity index (χ3n) is 3.41. The molecule has 0 saturated heterocycles. The summed E-state index contributed by atoms with van der Waals surface area (Å²) in [6.45, 7) is 0. The van der Waals surface area contributed by atoms with Gasteiger partial charge in [0.15, 0.2) is 0 Å². The third-order valence-corrected chi connectivity index (χ3v) is 6.98. The molecule has 0 radical (unpaired) electrons. The second-order valence-electron chi connectivity index (χ2n) is 4.95. The van der Waals surface area contributed by atoms with Gasteiger partial charge in [-0.15, -0.1) is 0 Å². The zero-order chi connectivity index (χ0) is 16.3. The molecule has 0 aliphatic heterocycles. The Labute approximate surface area is 187 Å². The van der Waals surface area contributed by atoms with E-state index in [1.54, 1.807) is 18.2 Å². The molecule has 0 spiro atoms. The molecule has 0 amide bonds. The Morgan fingerprint density at radius 2 is 1.12 bits per heavy atom. The Balaban J connectivity index is 0.00000156. The topological polar surface area (TPSA) is 54.4 Å². The van der Waals surface area contributed by atoms with Gasteiger partial charge >= 0.3 is 51.4 Å². The molecule has 0 aliphatic rings. The Morgan fingerprint density at radius 1 is 0.708 bits per heavy atom. The van der Waals surface area contributed by atoms with Crippen molar-refractivity contribution in [2.75, 3.05) is 0 Å². The maximum Gasteiger partial charge on any atom is 1.00 e. The van der Waals surface area contributed by atoms with Crippen LogP contribution in [-0.4, -0.2) is 13.0 Å². The van der Waals surface area contributed by atoms with Crippen LogP contribution in [-0.2, 0) is 10.1 Å². The zero-order valence-corrected chi connectivity index (χ0v) is 18.0. The normalized spacial score (nSPS) is 11.1. The second kappa shape index (κ2) is 8.83. The van der Waals surface area contributed by atoms with Crippen LogP contribution >= 0.6 is 7.92 Å². The average molecular weight is 382 g/mol. The van der Waals surface area contributed by atoms with Gasteiger partial charge < -0.3 is 1.43 Å². The largest absolute Gasteiger partial charge is 1.00 e. The van der Waals surface area contributed by atoms with Crippen LogP contribution < -0.4 is 67.3 Å². The van der Waals surface area contributed by atoms with Crippen LogP contribution in [0.15, 0.2) is 89.8 Å². The third kappa shape index (κ3) is 4.62. The molecule has 0 aliphatic carbocycles. The van der Waals surface area contributed by atoms with Crippen molar-refractivity contribution < 1.29 is 65.8 Å². The van der Waals surface area contributed by atoms with Crippen molar-refractivity contribution in [3.8, 4) is 0 Å². The van der Waals surface area contributed by atoms with E-state index in [4.69, 9.17) is 0 Å². The number of hydrogen-bond donors (Lipinski definition) is 1. The van der Waals surface area contributed by atoms with E-state index in [9.17, 15) is 13.0 Å². The molecule has 0 unspecified atom stereocenters. The van der Waals surface area contributed by atoms with E-state index >= 15 is 0 Å². The second-order valence-corrected chi connectivity index (χ2v) is 8.52. The van der Waals surface area contributed by atoms with Crippen molar-refractivity contribution in [2.45, 2.75) is 4.90 Å². The van der Waals surface area contributed by atoms with Gasteiger partial charge in [-0.05, 0) is 24.6 Å². The standard InChI is InChI=1S/C18H15O3PS.K.H/c19-23(20,21)18-14-8-7-13-17(18)22(15-9-3-1-4-10-15)16-11-5-2-6-12-16;;/h1-14H,(H,19,20,21);;/q;+1;-1. The molecule has 6 heteroatoms. The van der Waals surface area contributed by atoms with Gasteiger partial charge in [0.2, 0.25) is 0 Å². The van der Waals surface area contributed by atoms with Crippen molar-refractivity contribution in [1.82, 2.24) is 0 Å². The van der Waals surface area contributed by atoms with Crippen molar-refractivity contribution in [3.63, 3.8) is 0 Å². The smallest absolute Gasteiger partial charge is 1.00 e. The van der Waals surface area contributed by atoms with Gasteiger partial charge in [-0.3, -0.25) is 4.55 Å². The summed E-state index contributed by atoms with van der Waals surface area (Å²) in [5.41, 5.74) is 0. The molecule has 118 valence electrons. The number of rotatable bonds is 4. The molecule has 0 fully saturated rings. The maximum atomic E-state index is 11.8. The van der Waals surface area contributed by atoms with E-state index in [2.05, 4.69) is 0 Å². The molecule has 0 heterocycles. The van der Waals surface area contributed by atoms with Gasteiger partial charge in [-0.25, -0.2) is 0 Å². The van der Waals surface area contributed by atoms with Gasteiger partial charge in [0.25, 0.3) is 10.1 Å². The monoisotopic (exact) mass is 382 g/mol. The van der Waals surface area contributed by atoms with E-state index in [0.717, 1.165) is 10.6 Å². The molecule has 0 atom stereocenters. The molecule has 0 bridgehead atoms. The first-order chi connectivity index (χ1) is 11.1. The quantitative estimate of drug-likeness (QED) is 0.387. The minimum Gasteiger partial charge on any atom is -1.00 e. The van der Waals surface area contributed by atoms with Crippen LogP contribution in [0.3, 0.4) is 0 Å². The molecule has 1 N–H and O–H groups in total. The van der Waals surface area contributed by atoms with E-state index < -0.39 is 18.0 Å². The Hall–Kier alpha value is -0.364.